The lowest BCUT2D eigenvalue weighted by molar-refractivity contribution is 0.669. The lowest BCUT2D eigenvalue weighted by Crippen LogP contribution is -1.96. The van der Waals surface area contributed by atoms with Crippen LogP contribution in [0.4, 0.5) is 0 Å². The topological polar surface area (TPSA) is 23.0 Å². The molecule has 0 saturated heterocycles. The Morgan fingerprint density at radius 1 is 0.450 bits per heavy atom. The van der Waals surface area contributed by atoms with E-state index in [4.69, 9.17) is 10.8 Å². The number of allylic oxidation sites excluding steroid dienone is 1. The van der Waals surface area contributed by atoms with Gasteiger partial charge >= 0.3 is 0 Å². The molecule has 0 spiro atoms. The van der Waals surface area contributed by atoms with Gasteiger partial charge in [0.25, 0.3) is 0 Å². The smallest absolute Gasteiger partial charge is 0.135 e. The average molecular weight is 789 g/mol. The fourth-order valence-electron chi connectivity index (χ4n) is 8.87. The Bertz CT molecular complexity index is 3480. The van der Waals surface area contributed by atoms with Crippen molar-refractivity contribution >= 4 is 73.4 Å². The monoisotopic (exact) mass is 788 g/mol. The van der Waals surface area contributed by atoms with Crippen LogP contribution < -0.4 is 0 Å². The minimum Gasteiger partial charge on any atom is -0.456 e. The van der Waals surface area contributed by atoms with E-state index in [9.17, 15) is 0 Å². The van der Waals surface area contributed by atoms with E-state index < -0.39 is 0 Å². The van der Waals surface area contributed by atoms with Gasteiger partial charge in [0.2, 0.25) is 0 Å². The van der Waals surface area contributed by atoms with Crippen molar-refractivity contribution < 1.29 is 4.42 Å². The predicted octanol–water partition coefficient (Wildman–Crippen LogP) is 15.1. The molecule has 0 bridgehead atoms. The molecule has 3 aromatic heterocycles. The van der Waals surface area contributed by atoms with E-state index in [0.29, 0.717) is 0 Å². The largest absolute Gasteiger partial charge is 0.456 e. The molecule has 0 unspecified atom stereocenters. The third-order valence-corrected chi connectivity index (χ3v) is 11.6. The maximum atomic E-state index is 6.40. The zero-order valence-electron chi connectivity index (χ0n) is 33.3. The molecular formula is C56H40N2OS. The summed E-state index contributed by atoms with van der Waals surface area (Å²) in [5.74, 6) is 2.67. The minimum absolute atomic E-state index is 0.858. The average Bonchev–Trinajstić information content (AvgIpc) is 3.95. The van der Waals surface area contributed by atoms with Gasteiger partial charge in [-0.25, -0.2) is 0 Å². The summed E-state index contributed by atoms with van der Waals surface area (Å²) in [4.78, 5) is 0. The van der Waals surface area contributed by atoms with Crippen molar-refractivity contribution in [3.8, 4) is 57.1 Å². The first-order valence-corrected chi connectivity index (χ1v) is 21.0. The molecule has 0 aliphatic heterocycles. The Hall–Kier alpha value is -7.45. The third kappa shape index (κ3) is 6.19. The summed E-state index contributed by atoms with van der Waals surface area (Å²) in [5, 5.41) is 5.85. The number of para-hydroxylation sites is 2. The van der Waals surface area contributed by atoms with Crippen LogP contribution in [0.5, 0.6) is 0 Å². The summed E-state index contributed by atoms with van der Waals surface area (Å²) >= 11 is 3.53. The fraction of sp³-hybridized carbons (Fsp3) is 0.0357. The summed E-state index contributed by atoms with van der Waals surface area (Å²) in [5.41, 5.74) is 16.7. The van der Waals surface area contributed by atoms with E-state index >= 15 is 0 Å². The van der Waals surface area contributed by atoms with Crippen LogP contribution in [-0.2, 0) is 0 Å². The highest BCUT2D eigenvalue weighted by Crippen LogP contribution is 2.39. The van der Waals surface area contributed by atoms with Crippen molar-refractivity contribution in [2.24, 2.45) is 0 Å². The number of aromatic nitrogens is 2. The van der Waals surface area contributed by atoms with E-state index in [1.807, 2.05) is 6.08 Å². The van der Waals surface area contributed by atoms with Crippen LogP contribution in [-0.4, -0.2) is 15.4 Å². The highest BCUT2D eigenvalue weighted by atomic mass is 32.1. The molecule has 4 heteroatoms. The number of aryl methyl sites for hydroxylation is 1. The Morgan fingerprint density at radius 2 is 0.983 bits per heavy atom. The number of hydrogen-bond acceptors (Lipinski definition) is 2. The van der Waals surface area contributed by atoms with Gasteiger partial charge in [-0.3, -0.25) is 0 Å². The molecule has 11 rings (SSSR count). The van der Waals surface area contributed by atoms with Gasteiger partial charge in [0.05, 0.1) is 22.2 Å². The summed E-state index contributed by atoms with van der Waals surface area (Å²) in [6.45, 7) is 2.16. The number of rotatable bonds is 6. The van der Waals surface area contributed by atoms with E-state index in [1.165, 1.54) is 43.9 Å². The summed E-state index contributed by atoms with van der Waals surface area (Å²) in [6.07, 6.45) is 11.2. The predicted molar refractivity (Wildman–Crippen MR) is 259 cm³/mol. The minimum atomic E-state index is 0.858. The molecule has 0 aliphatic carbocycles. The molecule has 3 heterocycles. The Morgan fingerprint density at radius 3 is 1.75 bits per heavy atom. The Kier molecular flexibility index (Phi) is 9.45. The van der Waals surface area contributed by atoms with E-state index in [2.05, 4.69) is 217 Å². The number of furan rings is 1. The normalized spacial score (nSPS) is 11.5. The van der Waals surface area contributed by atoms with E-state index in [1.54, 1.807) is 12.3 Å². The maximum absolute atomic E-state index is 6.40. The van der Waals surface area contributed by atoms with Gasteiger partial charge in [-0.2, -0.15) is 12.6 Å². The number of benzene rings is 8. The number of fused-ring (bicyclic) bond motifs is 7. The van der Waals surface area contributed by atoms with Crippen molar-refractivity contribution in [3.05, 3.63) is 199 Å². The van der Waals surface area contributed by atoms with Gasteiger partial charge in [0.1, 0.15) is 11.2 Å². The van der Waals surface area contributed by atoms with Crippen molar-refractivity contribution in [2.45, 2.75) is 6.92 Å². The van der Waals surface area contributed by atoms with Crippen LogP contribution in [0.25, 0.3) is 105 Å². The van der Waals surface area contributed by atoms with Crippen molar-refractivity contribution in [2.75, 3.05) is 6.26 Å². The number of thiol groups is 1. The van der Waals surface area contributed by atoms with Gasteiger partial charge < -0.3 is 13.6 Å². The molecule has 60 heavy (non-hydrogen) atoms. The number of nitrogens with zero attached hydrogens (tertiary/aromatic N) is 2. The summed E-state index contributed by atoms with van der Waals surface area (Å²) in [7, 11) is 0. The van der Waals surface area contributed by atoms with E-state index in [0.717, 1.165) is 66.8 Å². The molecule has 0 fully saturated rings. The molecule has 0 amide bonds. The molecule has 11 aromatic rings. The second-order valence-corrected chi connectivity index (χ2v) is 14.9. The standard InChI is InChI=1S/C55H36N2O.CH4S/c1-3-4-22-50-36(2)45-20-8-10-23-51(45)56(50)44-27-30-55-49(35-44)48-34-42(26-29-54(48)58-55)39-17-12-16-38(31-39)40-18-13-19-43(32-40)57-52-24-11-9-21-46(52)47-33-41(25-28-53(47)57)37-14-6-5-7-15-37;1-2/h1,4-35H,2H3;2H,1H3/b22-4-;. The quantitative estimate of drug-likeness (QED) is 0.132. The highest BCUT2D eigenvalue weighted by Gasteiger charge is 2.17. The van der Waals surface area contributed by atoms with Gasteiger partial charge in [-0.15, -0.1) is 6.42 Å². The molecule has 0 N–H and O–H groups in total. The van der Waals surface area contributed by atoms with Gasteiger partial charge in [0.15, 0.2) is 0 Å². The van der Waals surface area contributed by atoms with Gasteiger partial charge in [0, 0.05) is 38.3 Å². The molecule has 0 aliphatic rings. The molecule has 286 valence electrons. The summed E-state index contributed by atoms with van der Waals surface area (Å²) in [6, 6.07) is 65.4. The van der Waals surface area contributed by atoms with Crippen molar-refractivity contribution in [1.82, 2.24) is 9.13 Å². The highest BCUT2D eigenvalue weighted by molar-refractivity contribution is 7.79. The lowest BCUT2D eigenvalue weighted by atomic mass is 9.97. The Labute approximate surface area is 354 Å². The first-order chi connectivity index (χ1) is 29.6. The van der Waals surface area contributed by atoms with Crippen LogP contribution in [0, 0.1) is 19.3 Å². The van der Waals surface area contributed by atoms with Gasteiger partial charge in [-0.1, -0.05) is 115 Å². The first kappa shape index (κ1) is 36.9. The molecule has 8 aromatic carbocycles. The van der Waals surface area contributed by atoms with Crippen LogP contribution >= 0.6 is 12.6 Å². The molecule has 0 radical (unpaired) electrons. The van der Waals surface area contributed by atoms with Crippen LogP contribution in [0.2, 0.25) is 0 Å². The van der Waals surface area contributed by atoms with Crippen LogP contribution in [0.1, 0.15) is 11.3 Å². The number of hydrogen-bond donors (Lipinski definition) is 1. The van der Waals surface area contributed by atoms with Crippen LogP contribution in [0.15, 0.2) is 192 Å². The summed E-state index contributed by atoms with van der Waals surface area (Å²) < 4.78 is 11.1. The SMILES string of the molecule is C#C/C=C\c1c(C)c2ccccc2n1-c1ccc2oc3ccc(-c4cccc(-c5cccc(-n6c7ccccc7c7cc(-c8ccccc8)ccc76)c5)c4)cc3c2c1.CS. The third-order valence-electron chi connectivity index (χ3n) is 11.6. The molecule has 0 atom stereocenters. The van der Waals surface area contributed by atoms with Gasteiger partial charge in [-0.05, 0) is 137 Å². The molecular weight excluding hydrogens is 749 g/mol. The second kappa shape index (κ2) is 15.4. The maximum Gasteiger partial charge on any atom is 0.135 e. The lowest BCUT2D eigenvalue weighted by Gasteiger charge is -2.12. The molecule has 0 saturated carbocycles. The van der Waals surface area contributed by atoms with E-state index in [-0.39, 0.29) is 0 Å². The zero-order valence-corrected chi connectivity index (χ0v) is 34.2. The van der Waals surface area contributed by atoms with Crippen molar-refractivity contribution in [1.29, 1.82) is 0 Å². The van der Waals surface area contributed by atoms with Crippen molar-refractivity contribution in [3.63, 3.8) is 0 Å². The van der Waals surface area contributed by atoms with Crippen LogP contribution in [0.3, 0.4) is 0 Å². The molecule has 3 nitrogen and oxygen atoms in total. The Balaban J connectivity index is 0.00000213. The second-order valence-electron chi connectivity index (χ2n) is 14.9. The zero-order chi connectivity index (χ0) is 40.7. The first-order valence-electron chi connectivity index (χ1n) is 20.1. The number of terminal acetylenes is 1. The fourth-order valence-corrected chi connectivity index (χ4v) is 8.87.